The molecule has 5 heteroatoms. The highest BCUT2D eigenvalue weighted by Gasteiger charge is 2.38. The summed E-state index contributed by atoms with van der Waals surface area (Å²) in [5, 5.41) is 6.18. The molecule has 1 fully saturated rings. The molecule has 3 nitrogen and oxygen atoms in total. The van der Waals surface area contributed by atoms with Crippen molar-refractivity contribution >= 4 is 45.1 Å². The number of rotatable bonds is 1. The fraction of sp³-hybridized carbons (Fsp3) is 0.375. The van der Waals surface area contributed by atoms with Crippen LogP contribution in [0.1, 0.15) is 25.7 Å². The molecule has 0 unspecified atom stereocenters. The second-order valence-electron chi connectivity index (χ2n) is 5.76. The van der Waals surface area contributed by atoms with Gasteiger partial charge in [-0.3, -0.25) is 9.98 Å². The molecule has 1 aliphatic heterocycles. The number of pyridine rings is 1. The Balaban J connectivity index is 1.68. The molecule has 0 amide bonds. The molecule has 1 aromatic carbocycles. The van der Waals surface area contributed by atoms with E-state index in [9.17, 15) is 0 Å². The van der Waals surface area contributed by atoms with E-state index in [4.69, 9.17) is 16.6 Å². The summed E-state index contributed by atoms with van der Waals surface area (Å²) in [6, 6.07) is 7.81. The summed E-state index contributed by atoms with van der Waals surface area (Å²) in [5.74, 6) is 1.11. The fourth-order valence-corrected chi connectivity index (χ4v) is 4.60. The van der Waals surface area contributed by atoms with Crippen LogP contribution < -0.4 is 5.32 Å². The normalized spacial score (nSPS) is 20.1. The molecule has 1 spiro atoms. The largest absolute Gasteiger partial charge is 0.333 e. The zero-order chi connectivity index (χ0) is 14.3. The number of aromatic nitrogens is 1. The standard InChI is InChI=1S/C16H16ClN3S/c17-12-5-6-13(14-11(12)4-3-9-18-14)19-15-20-16(10-21-15)7-1-2-8-16/h3-6,9H,1-2,7-8,10H2,(H,19,20). The van der Waals surface area contributed by atoms with Crippen molar-refractivity contribution < 1.29 is 0 Å². The number of benzene rings is 1. The summed E-state index contributed by atoms with van der Waals surface area (Å²) in [4.78, 5) is 9.41. The second-order valence-corrected chi connectivity index (χ2v) is 7.13. The van der Waals surface area contributed by atoms with E-state index in [0.29, 0.717) is 0 Å². The van der Waals surface area contributed by atoms with E-state index in [1.54, 1.807) is 6.20 Å². The van der Waals surface area contributed by atoms with E-state index in [1.165, 1.54) is 25.7 Å². The molecule has 0 saturated heterocycles. The predicted molar refractivity (Wildman–Crippen MR) is 91.5 cm³/mol. The van der Waals surface area contributed by atoms with Crippen LogP contribution in [0, 0.1) is 0 Å². The minimum absolute atomic E-state index is 0.197. The first-order valence-electron chi connectivity index (χ1n) is 7.29. The van der Waals surface area contributed by atoms with Crippen LogP contribution in [0.2, 0.25) is 5.02 Å². The van der Waals surface area contributed by atoms with Crippen molar-refractivity contribution in [2.24, 2.45) is 4.99 Å². The molecular weight excluding hydrogens is 302 g/mol. The molecule has 1 saturated carbocycles. The maximum atomic E-state index is 6.24. The van der Waals surface area contributed by atoms with E-state index >= 15 is 0 Å². The Kier molecular flexibility index (Phi) is 3.31. The van der Waals surface area contributed by atoms with Gasteiger partial charge in [-0.1, -0.05) is 36.2 Å². The summed E-state index contributed by atoms with van der Waals surface area (Å²) in [6.07, 6.45) is 6.87. The number of aliphatic imine (C=N–C) groups is 1. The Morgan fingerprint density at radius 2 is 2.05 bits per heavy atom. The number of anilines is 1. The summed E-state index contributed by atoms with van der Waals surface area (Å²) >= 11 is 8.07. The molecule has 2 heterocycles. The van der Waals surface area contributed by atoms with Crippen molar-refractivity contribution in [2.45, 2.75) is 31.2 Å². The quantitative estimate of drug-likeness (QED) is 0.827. The van der Waals surface area contributed by atoms with Crippen LogP contribution in [0.4, 0.5) is 5.69 Å². The molecule has 108 valence electrons. The van der Waals surface area contributed by atoms with Crippen LogP contribution in [-0.2, 0) is 0 Å². The number of nitrogens with zero attached hydrogens (tertiary/aromatic N) is 2. The Hall–Kier alpha value is -1.26. The van der Waals surface area contributed by atoms with Gasteiger partial charge < -0.3 is 5.32 Å². The maximum absolute atomic E-state index is 6.24. The molecule has 1 aliphatic carbocycles. The Bertz CT molecular complexity index is 723. The second kappa shape index (κ2) is 5.18. The van der Waals surface area contributed by atoms with Crippen LogP contribution in [0.15, 0.2) is 35.5 Å². The van der Waals surface area contributed by atoms with Gasteiger partial charge in [0.15, 0.2) is 5.17 Å². The van der Waals surface area contributed by atoms with Crippen molar-refractivity contribution in [1.82, 2.24) is 4.98 Å². The lowest BCUT2D eigenvalue weighted by atomic mass is 10.0. The topological polar surface area (TPSA) is 37.3 Å². The molecule has 2 aliphatic rings. The minimum atomic E-state index is 0.197. The van der Waals surface area contributed by atoms with Crippen LogP contribution >= 0.6 is 23.4 Å². The maximum Gasteiger partial charge on any atom is 0.161 e. The summed E-state index contributed by atoms with van der Waals surface area (Å²) in [5.41, 5.74) is 2.08. The number of fused-ring (bicyclic) bond motifs is 1. The highest BCUT2D eigenvalue weighted by atomic mass is 35.5. The SMILES string of the molecule is Clc1ccc(NC2=NC3(CCCC3)CS2)c2ncccc12. The number of hydrogen-bond donors (Lipinski definition) is 1. The minimum Gasteiger partial charge on any atom is -0.333 e. The van der Waals surface area contributed by atoms with Gasteiger partial charge in [-0.25, -0.2) is 0 Å². The highest BCUT2D eigenvalue weighted by Crippen LogP contribution is 2.41. The van der Waals surface area contributed by atoms with E-state index < -0.39 is 0 Å². The number of halogens is 1. The lowest BCUT2D eigenvalue weighted by molar-refractivity contribution is 0.508. The Morgan fingerprint density at radius 3 is 2.90 bits per heavy atom. The van der Waals surface area contributed by atoms with Gasteiger partial charge in [-0.05, 0) is 37.1 Å². The molecule has 1 aromatic heterocycles. The monoisotopic (exact) mass is 317 g/mol. The molecular formula is C16H16ClN3S. The van der Waals surface area contributed by atoms with Crippen LogP contribution in [0.5, 0.6) is 0 Å². The zero-order valence-corrected chi connectivity index (χ0v) is 13.2. The Labute approximate surface area is 133 Å². The molecule has 1 N–H and O–H groups in total. The van der Waals surface area contributed by atoms with Gasteiger partial charge in [0.25, 0.3) is 0 Å². The molecule has 2 aromatic rings. The van der Waals surface area contributed by atoms with Crippen molar-refractivity contribution in [3.05, 3.63) is 35.5 Å². The lowest BCUT2D eigenvalue weighted by Crippen LogP contribution is -2.21. The first-order valence-corrected chi connectivity index (χ1v) is 8.65. The predicted octanol–water partition coefficient (Wildman–Crippen LogP) is 4.72. The third kappa shape index (κ3) is 2.40. The van der Waals surface area contributed by atoms with Gasteiger partial charge in [0.2, 0.25) is 0 Å². The van der Waals surface area contributed by atoms with Crippen LogP contribution in [0.25, 0.3) is 10.9 Å². The lowest BCUT2D eigenvalue weighted by Gasteiger charge is -2.16. The molecule has 4 rings (SSSR count). The van der Waals surface area contributed by atoms with Crippen molar-refractivity contribution in [3.63, 3.8) is 0 Å². The van der Waals surface area contributed by atoms with Crippen LogP contribution in [-0.4, -0.2) is 21.4 Å². The van der Waals surface area contributed by atoms with Gasteiger partial charge in [0.05, 0.1) is 21.8 Å². The van der Waals surface area contributed by atoms with Gasteiger partial charge >= 0.3 is 0 Å². The summed E-state index contributed by atoms with van der Waals surface area (Å²) in [6.45, 7) is 0. The number of nitrogens with one attached hydrogen (secondary N) is 1. The van der Waals surface area contributed by atoms with E-state index in [2.05, 4.69) is 10.3 Å². The highest BCUT2D eigenvalue weighted by molar-refractivity contribution is 8.14. The summed E-state index contributed by atoms with van der Waals surface area (Å²) < 4.78 is 0. The van der Waals surface area contributed by atoms with E-state index in [1.807, 2.05) is 36.0 Å². The number of hydrogen-bond acceptors (Lipinski definition) is 4. The van der Waals surface area contributed by atoms with Gasteiger partial charge in [-0.2, -0.15) is 0 Å². The van der Waals surface area contributed by atoms with Crippen molar-refractivity contribution in [3.8, 4) is 0 Å². The van der Waals surface area contributed by atoms with Gasteiger partial charge in [0, 0.05) is 17.3 Å². The first-order chi connectivity index (χ1) is 10.3. The average molecular weight is 318 g/mol. The number of thioether (sulfide) groups is 1. The molecule has 0 radical (unpaired) electrons. The van der Waals surface area contributed by atoms with Gasteiger partial charge in [0.1, 0.15) is 0 Å². The first kappa shape index (κ1) is 13.4. The molecule has 0 bridgehead atoms. The third-order valence-corrected chi connectivity index (χ3v) is 5.79. The van der Waals surface area contributed by atoms with Crippen LogP contribution in [0.3, 0.4) is 0 Å². The van der Waals surface area contributed by atoms with Crippen molar-refractivity contribution in [1.29, 1.82) is 0 Å². The zero-order valence-electron chi connectivity index (χ0n) is 11.6. The number of amidine groups is 1. The third-order valence-electron chi connectivity index (χ3n) is 4.31. The van der Waals surface area contributed by atoms with E-state index in [0.717, 1.165) is 32.5 Å². The molecule has 21 heavy (non-hydrogen) atoms. The summed E-state index contributed by atoms with van der Waals surface area (Å²) in [7, 11) is 0. The molecule has 0 atom stereocenters. The average Bonchev–Trinajstić information content (AvgIpc) is 3.13. The van der Waals surface area contributed by atoms with Gasteiger partial charge in [-0.15, -0.1) is 0 Å². The Morgan fingerprint density at radius 1 is 1.19 bits per heavy atom. The van der Waals surface area contributed by atoms with E-state index in [-0.39, 0.29) is 5.54 Å². The fourth-order valence-electron chi connectivity index (χ4n) is 3.19. The smallest absolute Gasteiger partial charge is 0.161 e. The van der Waals surface area contributed by atoms with Crippen molar-refractivity contribution in [2.75, 3.05) is 11.1 Å².